The molecule has 0 saturated carbocycles. The van der Waals surface area contributed by atoms with E-state index in [1.54, 1.807) is 28.8 Å². The molecule has 1 atom stereocenters. The van der Waals surface area contributed by atoms with E-state index in [1.165, 1.54) is 6.33 Å². The van der Waals surface area contributed by atoms with E-state index >= 15 is 0 Å². The molecule has 166 valence electrons. The van der Waals surface area contributed by atoms with Crippen LogP contribution in [-0.2, 0) is 0 Å². The summed E-state index contributed by atoms with van der Waals surface area (Å²) in [5.74, 6) is 0.604. The number of pyridine rings is 1. The average Bonchev–Trinajstić information content (AvgIpc) is 2.87. The van der Waals surface area contributed by atoms with Crippen molar-refractivity contribution < 1.29 is 0 Å². The monoisotopic (exact) mass is 465 g/mol. The van der Waals surface area contributed by atoms with Gasteiger partial charge in [-0.2, -0.15) is 5.26 Å². The Bertz CT molecular complexity index is 1620. The van der Waals surface area contributed by atoms with Crippen LogP contribution in [0.1, 0.15) is 30.6 Å². The molecule has 1 unspecified atom stereocenters. The first-order chi connectivity index (χ1) is 16.6. The number of fused-ring (bicyclic) bond motifs is 2. The van der Waals surface area contributed by atoms with Gasteiger partial charge < -0.3 is 5.32 Å². The van der Waals surface area contributed by atoms with Crippen molar-refractivity contribution in [3.8, 4) is 11.8 Å². The predicted molar refractivity (Wildman–Crippen MR) is 135 cm³/mol. The minimum atomic E-state index is -0.250. The summed E-state index contributed by atoms with van der Waals surface area (Å²) in [4.78, 5) is 22.5. The molecule has 6 nitrogen and oxygen atoms in total. The quantitative estimate of drug-likeness (QED) is 0.343. The summed E-state index contributed by atoms with van der Waals surface area (Å²) < 4.78 is 1.71. The van der Waals surface area contributed by atoms with E-state index in [9.17, 15) is 10.1 Å². The number of aromatic nitrogens is 3. The molecule has 0 bridgehead atoms. The van der Waals surface area contributed by atoms with Crippen LogP contribution >= 0.6 is 11.6 Å². The highest BCUT2D eigenvalue weighted by Crippen LogP contribution is 2.30. The Labute approximate surface area is 201 Å². The first kappa shape index (κ1) is 21.6. The number of rotatable bonds is 5. The number of anilines is 1. The Kier molecular flexibility index (Phi) is 5.70. The van der Waals surface area contributed by atoms with E-state index in [0.717, 1.165) is 27.7 Å². The highest BCUT2D eigenvalue weighted by atomic mass is 35.5. The number of nitrogens with one attached hydrogen (secondary N) is 1. The van der Waals surface area contributed by atoms with Crippen LogP contribution in [0.2, 0.25) is 5.02 Å². The average molecular weight is 466 g/mol. The second kappa shape index (κ2) is 8.97. The molecule has 7 heteroatoms. The molecule has 34 heavy (non-hydrogen) atoms. The fourth-order valence-electron chi connectivity index (χ4n) is 4.23. The normalized spacial score (nSPS) is 11.9. The molecule has 2 aromatic heterocycles. The molecule has 0 amide bonds. The third kappa shape index (κ3) is 3.76. The summed E-state index contributed by atoms with van der Waals surface area (Å²) in [6, 6.07) is 24.2. The Hall–Kier alpha value is -4.21. The number of nitrogens with zero attached hydrogens (tertiary/aromatic N) is 4. The second-order valence-corrected chi connectivity index (χ2v) is 8.33. The van der Waals surface area contributed by atoms with E-state index in [2.05, 4.69) is 21.4 Å². The van der Waals surface area contributed by atoms with Gasteiger partial charge in [-0.3, -0.25) is 9.36 Å². The molecule has 3 aromatic carbocycles. The molecule has 0 aliphatic rings. The van der Waals surface area contributed by atoms with Gasteiger partial charge in [-0.25, -0.2) is 9.97 Å². The molecule has 5 aromatic rings. The van der Waals surface area contributed by atoms with Crippen LogP contribution in [0.3, 0.4) is 0 Å². The SMILES string of the molecule is CCC(Nc1ncnc2ccc(C#N)cc12)c1cc2cccc(Cl)c2c(=O)n1-c1ccccc1. The third-order valence-corrected chi connectivity index (χ3v) is 6.19. The lowest BCUT2D eigenvalue weighted by molar-refractivity contribution is 0.689. The third-order valence-electron chi connectivity index (χ3n) is 5.88. The number of hydrogen-bond acceptors (Lipinski definition) is 5. The molecular formula is C27H20ClN5O. The first-order valence-electron chi connectivity index (χ1n) is 10.9. The van der Waals surface area contributed by atoms with Crippen LogP contribution in [0.4, 0.5) is 5.82 Å². The van der Waals surface area contributed by atoms with Crippen molar-refractivity contribution in [3.05, 3.63) is 106 Å². The molecule has 0 aliphatic carbocycles. The van der Waals surface area contributed by atoms with Crippen LogP contribution in [0.5, 0.6) is 0 Å². The molecule has 0 radical (unpaired) electrons. The minimum Gasteiger partial charge on any atom is -0.361 e. The van der Waals surface area contributed by atoms with E-state index in [0.29, 0.717) is 28.2 Å². The van der Waals surface area contributed by atoms with Crippen LogP contribution in [0.15, 0.2) is 83.9 Å². The van der Waals surface area contributed by atoms with Crippen LogP contribution in [0, 0.1) is 11.3 Å². The van der Waals surface area contributed by atoms with Gasteiger partial charge in [0.15, 0.2) is 0 Å². The maximum Gasteiger partial charge on any atom is 0.264 e. The van der Waals surface area contributed by atoms with Crippen LogP contribution in [-0.4, -0.2) is 14.5 Å². The second-order valence-electron chi connectivity index (χ2n) is 7.92. The van der Waals surface area contributed by atoms with Crippen molar-refractivity contribution in [2.24, 2.45) is 0 Å². The minimum absolute atomic E-state index is 0.177. The van der Waals surface area contributed by atoms with E-state index < -0.39 is 0 Å². The van der Waals surface area contributed by atoms with Crippen molar-refractivity contribution in [3.63, 3.8) is 0 Å². The van der Waals surface area contributed by atoms with Gasteiger partial charge in [0.05, 0.1) is 33.6 Å². The zero-order valence-electron chi connectivity index (χ0n) is 18.4. The molecule has 0 saturated heterocycles. The van der Waals surface area contributed by atoms with Gasteiger partial charge in [-0.1, -0.05) is 48.9 Å². The van der Waals surface area contributed by atoms with Gasteiger partial charge in [0.1, 0.15) is 12.1 Å². The lowest BCUT2D eigenvalue weighted by atomic mass is 10.0. The number of halogens is 1. The topological polar surface area (TPSA) is 83.6 Å². The van der Waals surface area contributed by atoms with Gasteiger partial charge in [0, 0.05) is 16.8 Å². The Morgan fingerprint density at radius 1 is 1.06 bits per heavy atom. The Morgan fingerprint density at radius 2 is 1.88 bits per heavy atom. The van der Waals surface area contributed by atoms with Crippen LogP contribution in [0.25, 0.3) is 27.4 Å². The van der Waals surface area contributed by atoms with Gasteiger partial charge in [-0.05, 0) is 54.3 Å². The molecule has 0 aliphatic heterocycles. The molecular weight excluding hydrogens is 446 g/mol. The number of benzene rings is 3. The van der Waals surface area contributed by atoms with Crippen molar-refractivity contribution in [2.45, 2.75) is 19.4 Å². The zero-order chi connectivity index (χ0) is 23.7. The van der Waals surface area contributed by atoms with Crippen molar-refractivity contribution in [1.82, 2.24) is 14.5 Å². The summed E-state index contributed by atoms with van der Waals surface area (Å²) in [6.07, 6.45) is 2.18. The Morgan fingerprint density at radius 3 is 2.65 bits per heavy atom. The Balaban J connectivity index is 1.73. The van der Waals surface area contributed by atoms with Gasteiger partial charge in [0.2, 0.25) is 0 Å². The summed E-state index contributed by atoms with van der Waals surface area (Å²) >= 11 is 6.44. The fourth-order valence-corrected chi connectivity index (χ4v) is 4.49. The largest absolute Gasteiger partial charge is 0.361 e. The van der Waals surface area contributed by atoms with Crippen molar-refractivity contribution in [1.29, 1.82) is 5.26 Å². The van der Waals surface area contributed by atoms with E-state index in [-0.39, 0.29) is 11.6 Å². The lowest BCUT2D eigenvalue weighted by Crippen LogP contribution is -2.26. The standard InChI is InChI=1S/C27H20ClN5O/c1-2-22(32-26-20-13-17(15-29)11-12-23(20)30-16-31-26)24-14-18-7-6-10-21(28)25(18)27(34)33(24)19-8-4-3-5-9-19/h3-14,16,22H,2H2,1H3,(H,30,31,32). The summed E-state index contributed by atoms with van der Waals surface area (Å²) in [7, 11) is 0. The number of nitriles is 1. The molecule has 1 N–H and O–H groups in total. The van der Waals surface area contributed by atoms with Gasteiger partial charge in [0.25, 0.3) is 5.56 Å². The molecule has 5 rings (SSSR count). The van der Waals surface area contributed by atoms with Gasteiger partial charge >= 0.3 is 0 Å². The van der Waals surface area contributed by atoms with E-state index in [4.69, 9.17) is 11.6 Å². The van der Waals surface area contributed by atoms with Crippen LogP contribution < -0.4 is 10.9 Å². The molecule has 2 heterocycles. The number of para-hydroxylation sites is 1. The maximum atomic E-state index is 13.7. The van der Waals surface area contributed by atoms with Crippen molar-refractivity contribution >= 4 is 39.1 Å². The fraction of sp³-hybridized carbons (Fsp3) is 0.111. The molecule has 0 spiro atoms. The smallest absolute Gasteiger partial charge is 0.264 e. The first-order valence-corrected chi connectivity index (χ1v) is 11.3. The summed E-state index contributed by atoms with van der Waals surface area (Å²) in [5, 5.41) is 15.3. The lowest BCUT2D eigenvalue weighted by Gasteiger charge is -2.24. The van der Waals surface area contributed by atoms with E-state index in [1.807, 2.05) is 55.5 Å². The highest BCUT2D eigenvalue weighted by Gasteiger charge is 2.20. The zero-order valence-corrected chi connectivity index (χ0v) is 19.1. The van der Waals surface area contributed by atoms with Crippen molar-refractivity contribution in [2.75, 3.05) is 5.32 Å². The number of hydrogen-bond donors (Lipinski definition) is 1. The predicted octanol–water partition coefficient (Wildman–Crippen LogP) is 6.02. The highest BCUT2D eigenvalue weighted by molar-refractivity contribution is 6.35. The maximum absolute atomic E-state index is 13.7. The molecule has 0 fully saturated rings. The van der Waals surface area contributed by atoms with Gasteiger partial charge in [-0.15, -0.1) is 0 Å². The summed E-state index contributed by atoms with van der Waals surface area (Å²) in [6.45, 7) is 2.05. The summed E-state index contributed by atoms with van der Waals surface area (Å²) in [5.41, 5.74) is 2.63.